The molecule has 5 rings (SSSR count). The van der Waals surface area contributed by atoms with Crippen LogP contribution in [0.2, 0.25) is 5.02 Å². The molecule has 0 saturated carbocycles. The van der Waals surface area contributed by atoms with Gasteiger partial charge >= 0.3 is 0 Å². The standard InChI is InChI=1S/C26H21ClFN5O3/c1-2-20(35)32-7-9-33(10-8-32)26-18-13-19(27)21(22(28)23(18)30-25(31-26)24(29)36)17-12-15(34)11-14-5-3-4-6-16(14)17/h2-6,11-13,34H,1,7-10H2,(H2,29,36). The number of fused-ring (bicyclic) bond motifs is 2. The van der Waals surface area contributed by atoms with Crippen LogP contribution in [-0.4, -0.2) is 58.0 Å². The summed E-state index contributed by atoms with van der Waals surface area (Å²) in [6.07, 6.45) is 1.25. The third kappa shape index (κ3) is 3.97. The average molecular weight is 506 g/mol. The summed E-state index contributed by atoms with van der Waals surface area (Å²) in [5.41, 5.74) is 5.78. The van der Waals surface area contributed by atoms with Gasteiger partial charge in [-0.2, -0.15) is 0 Å². The molecule has 2 amide bonds. The fourth-order valence-corrected chi connectivity index (χ4v) is 4.84. The molecule has 182 valence electrons. The first-order valence-electron chi connectivity index (χ1n) is 11.2. The summed E-state index contributed by atoms with van der Waals surface area (Å²) in [6, 6.07) is 11.8. The molecule has 8 nitrogen and oxygen atoms in total. The van der Waals surface area contributed by atoms with Gasteiger partial charge in [0.05, 0.1) is 5.02 Å². The van der Waals surface area contributed by atoms with Gasteiger partial charge in [-0.1, -0.05) is 42.4 Å². The maximum Gasteiger partial charge on any atom is 0.286 e. The Morgan fingerprint density at radius 2 is 1.81 bits per heavy atom. The van der Waals surface area contributed by atoms with E-state index in [1.54, 1.807) is 35.2 Å². The third-order valence-electron chi connectivity index (χ3n) is 6.26. The summed E-state index contributed by atoms with van der Waals surface area (Å²) in [7, 11) is 0. The molecule has 36 heavy (non-hydrogen) atoms. The first kappa shape index (κ1) is 23.5. The Kier molecular flexibility index (Phi) is 5.93. The van der Waals surface area contributed by atoms with Crippen LogP contribution in [0.15, 0.2) is 55.1 Å². The van der Waals surface area contributed by atoms with E-state index in [2.05, 4.69) is 16.5 Å². The molecule has 1 fully saturated rings. The summed E-state index contributed by atoms with van der Waals surface area (Å²) >= 11 is 6.64. The molecule has 1 aromatic heterocycles. The van der Waals surface area contributed by atoms with Crippen molar-refractivity contribution in [2.75, 3.05) is 31.1 Å². The number of hydrogen-bond donors (Lipinski definition) is 2. The SMILES string of the molecule is C=CC(=O)N1CCN(c2nc(C(N)=O)nc3c(F)c(-c4cc(O)cc5ccccc45)c(Cl)cc23)CC1. The largest absolute Gasteiger partial charge is 0.508 e. The molecule has 3 aromatic carbocycles. The van der Waals surface area contributed by atoms with Gasteiger partial charge in [0.1, 0.15) is 17.1 Å². The molecule has 10 heteroatoms. The molecule has 0 radical (unpaired) electrons. The Labute approximate surface area is 210 Å². The van der Waals surface area contributed by atoms with E-state index < -0.39 is 11.7 Å². The Hall–Kier alpha value is -4.24. The Balaban J connectivity index is 1.71. The normalized spacial score (nSPS) is 13.8. The molecule has 0 bridgehead atoms. The molecule has 0 atom stereocenters. The minimum absolute atomic E-state index is 0.0396. The number of carbonyl (C=O) groups excluding carboxylic acids is 2. The highest BCUT2D eigenvalue weighted by atomic mass is 35.5. The van der Waals surface area contributed by atoms with Crippen molar-refractivity contribution in [1.29, 1.82) is 0 Å². The number of nitrogens with two attached hydrogens (primary N) is 1. The minimum atomic E-state index is -0.905. The quantitative estimate of drug-likeness (QED) is 0.407. The molecule has 0 unspecified atom stereocenters. The van der Waals surface area contributed by atoms with Crippen LogP contribution in [0.3, 0.4) is 0 Å². The van der Waals surface area contributed by atoms with Gasteiger partial charge in [0.2, 0.25) is 11.7 Å². The van der Waals surface area contributed by atoms with Crippen molar-refractivity contribution in [2.24, 2.45) is 5.73 Å². The Bertz CT molecular complexity index is 1570. The van der Waals surface area contributed by atoms with Gasteiger partial charge in [-0.3, -0.25) is 9.59 Å². The molecule has 0 aliphatic carbocycles. The monoisotopic (exact) mass is 505 g/mol. The van der Waals surface area contributed by atoms with Gasteiger partial charge in [-0.25, -0.2) is 14.4 Å². The predicted molar refractivity (Wildman–Crippen MR) is 137 cm³/mol. The van der Waals surface area contributed by atoms with Crippen molar-refractivity contribution in [3.8, 4) is 16.9 Å². The lowest BCUT2D eigenvalue weighted by Gasteiger charge is -2.35. The van der Waals surface area contributed by atoms with E-state index in [0.717, 1.165) is 0 Å². The highest BCUT2D eigenvalue weighted by Gasteiger charge is 2.27. The summed E-state index contributed by atoms with van der Waals surface area (Å²) in [6.45, 7) is 5.08. The zero-order valence-corrected chi connectivity index (χ0v) is 19.8. The number of carbonyl (C=O) groups is 2. The number of primary amides is 1. The van der Waals surface area contributed by atoms with Crippen molar-refractivity contribution in [1.82, 2.24) is 14.9 Å². The molecule has 1 aliphatic heterocycles. The molecule has 0 spiro atoms. The van der Waals surface area contributed by atoms with E-state index in [0.29, 0.717) is 53.7 Å². The molecule has 2 heterocycles. The zero-order chi connectivity index (χ0) is 25.6. The fourth-order valence-electron chi connectivity index (χ4n) is 4.55. The van der Waals surface area contributed by atoms with E-state index in [1.165, 1.54) is 12.1 Å². The fraction of sp³-hybridized carbons (Fsp3) is 0.154. The topological polar surface area (TPSA) is 113 Å². The smallest absolute Gasteiger partial charge is 0.286 e. The first-order valence-corrected chi connectivity index (χ1v) is 11.5. The van der Waals surface area contributed by atoms with Gasteiger partial charge < -0.3 is 20.6 Å². The van der Waals surface area contributed by atoms with E-state index in [9.17, 15) is 14.7 Å². The Morgan fingerprint density at radius 3 is 2.50 bits per heavy atom. The molecule has 1 saturated heterocycles. The third-order valence-corrected chi connectivity index (χ3v) is 6.56. The van der Waals surface area contributed by atoms with E-state index in [4.69, 9.17) is 17.3 Å². The maximum absolute atomic E-state index is 16.2. The van der Waals surface area contributed by atoms with Gasteiger partial charge in [0, 0.05) is 37.1 Å². The van der Waals surface area contributed by atoms with Crippen LogP contribution in [0, 0.1) is 5.82 Å². The molecular formula is C26H21ClFN5O3. The van der Waals surface area contributed by atoms with Crippen molar-refractivity contribution in [3.05, 3.63) is 71.8 Å². The average Bonchev–Trinajstić information content (AvgIpc) is 2.87. The number of hydrogen-bond acceptors (Lipinski definition) is 6. The lowest BCUT2D eigenvalue weighted by Crippen LogP contribution is -2.48. The number of benzene rings is 3. The van der Waals surface area contributed by atoms with Crippen molar-refractivity contribution in [3.63, 3.8) is 0 Å². The summed E-state index contributed by atoms with van der Waals surface area (Å²) in [5, 5.41) is 12.1. The zero-order valence-electron chi connectivity index (χ0n) is 19.0. The number of phenolic OH excluding ortho intramolecular Hbond substituents is 1. The highest BCUT2D eigenvalue weighted by molar-refractivity contribution is 6.35. The maximum atomic E-state index is 16.2. The Morgan fingerprint density at radius 1 is 1.08 bits per heavy atom. The van der Waals surface area contributed by atoms with E-state index in [1.807, 2.05) is 11.0 Å². The number of halogens is 2. The van der Waals surface area contributed by atoms with Gasteiger partial charge in [-0.05, 0) is 40.6 Å². The van der Waals surface area contributed by atoms with Crippen LogP contribution in [0.1, 0.15) is 10.6 Å². The number of aromatic nitrogens is 2. The second-order valence-corrected chi connectivity index (χ2v) is 8.82. The first-order chi connectivity index (χ1) is 17.3. The second kappa shape index (κ2) is 9.09. The van der Waals surface area contributed by atoms with Crippen LogP contribution in [0.4, 0.5) is 10.2 Å². The number of amides is 2. The summed E-state index contributed by atoms with van der Waals surface area (Å²) in [5.74, 6) is -1.94. The number of piperazine rings is 1. The van der Waals surface area contributed by atoms with Gasteiger partial charge in [-0.15, -0.1) is 0 Å². The number of phenols is 1. The summed E-state index contributed by atoms with van der Waals surface area (Å²) < 4.78 is 16.2. The minimum Gasteiger partial charge on any atom is -0.508 e. The van der Waals surface area contributed by atoms with E-state index in [-0.39, 0.29) is 33.6 Å². The molecular weight excluding hydrogens is 485 g/mol. The van der Waals surface area contributed by atoms with Gasteiger partial charge in [0.15, 0.2) is 5.82 Å². The van der Waals surface area contributed by atoms with Crippen molar-refractivity contribution in [2.45, 2.75) is 0 Å². The predicted octanol–water partition coefficient (Wildman–Crippen LogP) is 3.88. The highest BCUT2D eigenvalue weighted by Crippen LogP contribution is 2.42. The number of nitrogens with zero attached hydrogens (tertiary/aromatic N) is 4. The second-order valence-electron chi connectivity index (χ2n) is 8.41. The number of anilines is 1. The van der Waals surface area contributed by atoms with Crippen molar-refractivity contribution < 1.29 is 19.1 Å². The van der Waals surface area contributed by atoms with Crippen LogP contribution < -0.4 is 10.6 Å². The van der Waals surface area contributed by atoms with Crippen LogP contribution in [0.25, 0.3) is 32.8 Å². The lowest BCUT2D eigenvalue weighted by atomic mass is 9.96. The number of aromatic hydroxyl groups is 1. The van der Waals surface area contributed by atoms with Crippen LogP contribution >= 0.6 is 11.6 Å². The van der Waals surface area contributed by atoms with Gasteiger partial charge in [0.25, 0.3) is 5.91 Å². The number of rotatable bonds is 4. The van der Waals surface area contributed by atoms with E-state index >= 15 is 4.39 Å². The molecule has 1 aliphatic rings. The molecule has 3 N–H and O–H groups in total. The van der Waals surface area contributed by atoms with Crippen molar-refractivity contribution >= 4 is 50.9 Å². The summed E-state index contributed by atoms with van der Waals surface area (Å²) in [4.78, 5) is 35.9. The molecule has 4 aromatic rings. The van der Waals surface area contributed by atoms with Crippen LogP contribution in [-0.2, 0) is 4.79 Å². The lowest BCUT2D eigenvalue weighted by molar-refractivity contribution is -0.126. The van der Waals surface area contributed by atoms with Crippen LogP contribution in [0.5, 0.6) is 5.75 Å².